The number of nitrogens with two attached hydrogens (primary N) is 1. The van der Waals surface area contributed by atoms with Gasteiger partial charge in [-0.2, -0.15) is 0 Å². The molecule has 1 rings (SSSR count). The van der Waals surface area contributed by atoms with E-state index < -0.39 is 5.97 Å². The van der Waals surface area contributed by atoms with Crippen LogP contribution in [0.3, 0.4) is 0 Å². The van der Waals surface area contributed by atoms with Crippen LogP contribution in [-0.4, -0.2) is 30.2 Å². The molecule has 4 N–H and O–H groups in total. The van der Waals surface area contributed by atoms with Crippen LogP contribution < -0.4 is 11.1 Å². The Morgan fingerprint density at radius 1 is 1.80 bits per heavy atom. The van der Waals surface area contributed by atoms with Crippen molar-refractivity contribution in [2.75, 3.05) is 13.1 Å². The number of hydrogen-bond acceptors (Lipinski definition) is 3. The highest BCUT2D eigenvalue weighted by atomic mass is 16.4. The standard InChI is InChI=1S/C4H10N2.C2H4O2/c5-4-1-2-6-3-4;1-2(3)4/h4,6H,1-3,5H2;1H3,(H,3,4). The van der Waals surface area contributed by atoms with Gasteiger partial charge >= 0.3 is 0 Å². The van der Waals surface area contributed by atoms with E-state index in [0.717, 1.165) is 26.4 Å². The summed E-state index contributed by atoms with van der Waals surface area (Å²) in [6.45, 7) is 3.21. The Morgan fingerprint density at radius 3 is 2.40 bits per heavy atom. The van der Waals surface area contributed by atoms with E-state index in [1.165, 1.54) is 0 Å². The molecule has 4 heteroatoms. The second kappa shape index (κ2) is 5.20. The lowest BCUT2D eigenvalue weighted by molar-refractivity contribution is -0.134. The van der Waals surface area contributed by atoms with Gasteiger partial charge in [0.25, 0.3) is 5.97 Å². The largest absolute Gasteiger partial charge is 0.481 e. The van der Waals surface area contributed by atoms with Crippen molar-refractivity contribution in [2.45, 2.75) is 19.4 Å². The van der Waals surface area contributed by atoms with Gasteiger partial charge in [0.15, 0.2) is 0 Å². The summed E-state index contributed by atoms with van der Waals surface area (Å²) in [7, 11) is 0. The molecule has 1 heterocycles. The van der Waals surface area contributed by atoms with Crippen molar-refractivity contribution < 1.29 is 9.90 Å². The van der Waals surface area contributed by atoms with Crippen LogP contribution in [0, 0.1) is 0 Å². The summed E-state index contributed by atoms with van der Waals surface area (Å²) in [6.07, 6.45) is 1.15. The van der Waals surface area contributed by atoms with Crippen molar-refractivity contribution in [1.82, 2.24) is 5.32 Å². The first-order chi connectivity index (χ1) is 4.63. The zero-order valence-electron chi connectivity index (χ0n) is 6.13. The van der Waals surface area contributed by atoms with Crippen LogP contribution in [0.5, 0.6) is 0 Å². The van der Waals surface area contributed by atoms with Gasteiger partial charge in [-0.25, -0.2) is 0 Å². The van der Waals surface area contributed by atoms with Gasteiger partial charge in [-0.3, -0.25) is 4.79 Å². The second-order valence-corrected chi connectivity index (χ2v) is 2.27. The van der Waals surface area contributed by atoms with Crippen LogP contribution in [0.1, 0.15) is 13.3 Å². The van der Waals surface area contributed by atoms with Crippen LogP contribution >= 0.6 is 0 Å². The minimum Gasteiger partial charge on any atom is -0.481 e. The van der Waals surface area contributed by atoms with Crippen LogP contribution in [0.15, 0.2) is 0 Å². The van der Waals surface area contributed by atoms with E-state index in [9.17, 15) is 0 Å². The highest BCUT2D eigenvalue weighted by molar-refractivity contribution is 5.62. The zero-order valence-corrected chi connectivity index (χ0v) is 6.13. The Labute approximate surface area is 60.4 Å². The number of nitrogens with one attached hydrogen (secondary N) is 1. The highest BCUT2D eigenvalue weighted by Crippen LogP contribution is 1.90. The molecule has 0 aromatic rings. The van der Waals surface area contributed by atoms with E-state index in [1.807, 2.05) is 0 Å². The molecule has 0 aliphatic carbocycles. The average Bonchev–Trinajstić information content (AvgIpc) is 2.15. The molecule has 1 fully saturated rings. The van der Waals surface area contributed by atoms with E-state index in [4.69, 9.17) is 15.6 Å². The number of aliphatic carboxylic acids is 1. The first-order valence-corrected chi connectivity index (χ1v) is 3.28. The molecule has 0 saturated carbocycles. The Balaban J connectivity index is 0.000000180. The lowest BCUT2D eigenvalue weighted by Gasteiger charge is -1.91. The Kier molecular flexibility index (Phi) is 4.88. The molecule has 0 aromatic heterocycles. The van der Waals surface area contributed by atoms with Gasteiger partial charge in [0.1, 0.15) is 0 Å². The molecule has 1 aliphatic rings. The molecule has 1 aliphatic heterocycles. The summed E-state index contributed by atoms with van der Waals surface area (Å²) < 4.78 is 0. The van der Waals surface area contributed by atoms with Crippen molar-refractivity contribution in [1.29, 1.82) is 0 Å². The van der Waals surface area contributed by atoms with Gasteiger partial charge in [0.05, 0.1) is 0 Å². The molecule has 10 heavy (non-hydrogen) atoms. The zero-order chi connectivity index (χ0) is 7.98. The molecule has 1 saturated heterocycles. The second-order valence-electron chi connectivity index (χ2n) is 2.27. The third-order valence-corrected chi connectivity index (χ3v) is 1.10. The fourth-order valence-corrected chi connectivity index (χ4v) is 0.677. The quantitative estimate of drug-likeness (QED) is 0.426. The van der Waals surface area contributed by atoms with Crippen molar-refractivity contribution in [3.8, 4) is 0 Å². The van der Waals surface area contributed by atoms with Gasteiger partial charge in [0.2, 0.25) is 0 Å². The minimum atomic E-state index is -0.833. The molecule has 0 radical (unpaired) electrons. The number of hydrogen-bond donors (Lipinski definition) is 3. The van der Waals surface area contributed by atoms with Gasteiger partial charge in [0, 0.05) is 19.5 Å². The molecule has 0 bridgehead atoms. The summed E-state index contributed by atoms with van der Waals surface area (Å²) in [6, 6.07) is 0.435. The number of carboxylic acid groups (broad SMARTS) is 1. The predicted molar refractivity (Wildman–Crippen MR) is 38.8 cm³/mol. The first-order valence-electron chi connectivity index (χ1n) is 3.28. The lowest BCUT2D eigenvalue weighted by atomic mass is 10.3. The van der Waals surface area contributed by atoms with Crippen LogP contribution in [0.2, 0.25) is 0 Å². The summed E-state index contributed by atoms with van der Waals surface area (Å²) in [4.78, 5) is 9.00. The van der Waals surface area contributed by atoms with E-state index in [0.29, 0.717) is 6.04 Å². The topological polar surface area (TPSA) is 75.3 Å². The Hall–Kier alpha value is -0.610. The third-order valence-electron chi connectivity index (χ3n) is 1.10. The number of rotatable bonds is 0. The maximum absolute atomic E-state index is 9.00. The summed E-state index contributed by atoms with van der Waals surface area (Å²) in [5.41, 5.74) is 5.47. The summed E-state index contributed by atoms with van der Waals surface area (Å²) in [5.74, 6) is -0.833. The molecule has 60 valence electrons. The lowest BCUT2D eigenvalue weighted by Crippen LogP contribution is -2.21. The third kappa shape index (κ3) is 7.39. The molecule has 0 aromatic carbocycles. The fraction of sp³-hybridized carbons (Fsp3) is 0.833. The Morgan fingerprint density at radius 2 is 2.30 bits per heavy atom. The van der Waals surface area contributed by atoms with Crippen molar-refractivity contribution in [3.05, 3.63) is 0 Å². The monoisotopic (exact) mass is 146 g/mol. The molecular weight excluding hydrogens is 132 g/mol. The number of carboxylic acids is 1. The first kappa shape index (κ1) is 9.39. The summed E-state index contributed by atoms with van der Waals surface area (Å²) in [5, 5.41) is 10.6. The van der Waals surface area contributed by atoms with E-state index >= 15 is 0 Å². The fourth-order valence-electron chi connectivity index (χ4n) is 0.677. The Bertz CT molecular complexity index is 95.9. The van der Waals surface area contributed by atoms with Crippen LogP contribution in [0.25, 0.3) is 0 Å². The predicted octanol–water partition coefficient (Wildman–Crippen LogP) is -0.602. The normalized spacial score (nSPS) is 23.2. The number of carbonyl (C=O) groups is 1. The average molecular weight is 146 g/mol. The van der Waals surface area contributed by atoms with Crippen molar-refractivity contribution >= 4 is 5.97 Å². The minimum absolute atomic E-state index is 0.435. The molecule has 1 atom stereocenters. The van der Waals surface area contributed by atoms with Crippen molar-refractivity contribution in [3.63, 3.8) is 0 Å². The van der Waals surface area contributed by atoms with Crippen molar-refractivity contribution in [2.24, 2.45) is 5.73 Å². The molecule has 4 nitrogen and oxygen atoms in total. The highest BCUT2D eigenvalue weighted by Gasteiger charge is 2.06. The van der Waals surface area contributed by atoms with Crippen LogP contribution in [0.4, 0.5) is 0 Å². The van der Waals surface area contributed by atoms with E-state index in [2.05, 4.69) is 5.32 Å². The van der Waals surface area contributed by atoms with Gasteiger partial charge in [-0.05, 0) is 13.0 Å². The molecule has 1 unspecified atom stereocenters. The molecule has 0 amide bonds. The van der Waals surface area contributed by atoms with Gasteiger partial charge in [-0.1, -0.05) is 0 Å². The maximum atomic E-state index is 9.00. The smallest absolute Gasteiger partial charge is 0.300 e. The van der Waals surface area contributed by atoms with E-state index in [1.54, 1.807) is 0 Å². The van der Waals surface area contributed by atoms with Gasteiger partial charge in [-0.15, -0.1) is 0 Å². The SMILES string of the molecule is CC(=O)O.NC1CCNC1. The molecular formula is C6H14N2O2. The van der Waals surface area contributed by atoms with E-state index in [-0.39, 0.29) is 0 Å². The van der Waals surface area contributed by atoms with Gasteiger partial charge < -0.3 is 16.2 Å². The van der Waals surface area contributed by atoms with Crippen LogP contribution in [-0.2, 0) is 4.79 Å². The summed E-state index contributed by atoms with van der Waals surface area (Å²) >= 11 is 0. The maximum Gasteiger partial charge on any atom is 0.300 e. The molecule has 0 spiro atoms.